The number of carbonyl (C=O) groups excluding carboxylic acids is 1. The van der Waals surface area contributed by atoms with Crippen LogP contribution in [0.1, 0.15) is 10.4 Å². The minimum Gasteiger partial charge on any atom is -0.378 e. The van der Waals surface area contributed by atoms with Gasteiger partial charge in [-0.3, -0.25) is 13.7 Å². The minimum absolute atomic E-state index is 0.00324. The number of fused-ring (bicyclic) bond motifs is 1. The molecule has 2 heterocycles. The lowest BCUT2D eigenvalue weighted by Gasteiger charge is -2.26. The van der Waals surface area contributed by atoms with Crippen LogP contribution in [0.25, 0.3) is 10.9 Å². The Balaban J connectivity index is 1.81. The summed E-state index contributed by atoms with van der Waals surface area (Å²) in [4.78, 5) is 33.7. The highest BCUT2D eigenvalue weighted by Crippen LogP contribution is 2.41. The van der Waals surface area contributed by atoms with Crippen LogP contribution in [-0.2, 0) is 26.4 Å². The number of ether oxygens (including phenoxy) is 1. The maximum absolute atomic E-state index is 13.4. The molecule has 0 unspecified atom stereocenters. The number of sulfonamides is 1. The molecule has 1 aromatic heterocycles. The van der Waals surface area contributed by atoms with Gasteiger partial charge >= 0.3 is 7.60 Å². The summed E-state index contributed by atoms with van der Waals surface area (Å²) in [5.41, 5.74) is 0.944. The molecule has 188 valence electrons. The molecule has 1 aliphatic heterocycles. The second kappa shape index (κ2) is 9.74. The summed E-state index contributed by atoms with van der Waals surface area (Å²) in [6.07, 6.45) is 0.541. The fraction of sp³-hybridized carbons (Fsp3) is 0.286. The highest BCUT2D eigenvalue weighted by molar-refractivity contribution is 7.93. The van der Waals surface area contributed by atoms with Crippen molar-refractivity contribution in [1.82, 2.24) is 9.47 Å². The molecule has 2 aromatic carbocycles. The average molecular weight is 562 g/mol. The van der Waals surface area contributed by atoms with Gasteiger partial charge in [0.1, 0.15) is 6.29 Å². The van der Waals surface area contributed by atoms with Gasteiger partial charge in [0.2, 0.25) is 0 Å². The van der Waals surface area contributed by atoms with Gasteiger partial charge in [0.15, 0.2) is 0 Å². The minimum atomic E-state index is -4.83. The number of nitrogens with zero attached hydrogens (tertiary/aromatic N) is 3. The Morgan fingerprint density at radius 2 is 1.74 bits per heavy atom. The highest BCUT2D eigenvalue weighted by atomic mass is 35.5. The van der Waals surface area contributed by atoms with E-state index in [1.165, 1.54) is 18.2 Å². The first-order valence-corrected chi connectivity index (χ1v) is 14.4. The third-order valence-corrected chi connectivity index (χ3v) is 8.56. The Labute approximate surface area is 211 Å². The molecule has 35 heavy (non-hydrogen) atoms. The van der Waals surface area contributed by atoms with Crippen LogP contribution in [0.2, 0.25) is 10.0 Å². The molecule has 1 amide bonds. The number of aromatic nitrogens is 1. The number of hydrogen-bond donors (Lipinski definition) is 2. The van der Waals surface area contributed by atoms with E-state index >= 15 is 0 Å². The zero-order chi connectivity index (χ0) is 25.5. The van der Waals surface area contributed by atoms with Crippen molar-refractivity contribution in [3.63, 3.8) is 0 Å². The normalized spacial score (nSPS) is 14.9. The molecule has 0 radical (unpaired) electrons. The molecular formula is C21H22Cl2N3O7PS. The van der Waals surface area contributed by atoms with Gasteiger partial charge in [-0.25, -0.2) is 8.42 Å². The van der Waals surface area contributed by atoms with Gasteiger partial charge in [0.05, 0.1) is 34.9 Å². The third-order valence-electron chi connectivity index (χ3n) is 5.53. The lowest BCUT2D eigenvalue weighted by Crippen LogP contribution is -2.40. The van der Waals surface area contributed by atoms with E-state index in [1.807, 2.05) is 0 Å². The summed E-state index contributed by atoms with van der Waals surface area (Å²) in [6.45, 7) is 1.82. The van der Waals surface area contributed by atoms with E-state index in [-0.39, 0.29) is 26.5 Å². The van der Waals surface area contributed by atoms with E-state index < -0.39 is 23.9 Å². The van der Waals surface area contributed by atoms with Crippen LogP contribution in [0.15, 0.2) is 47.5 Å². The van der Waals surface area contributed by atoms with E-state index in [1.54, 1.807) is 28.8 Å². The van der Waals surface area contributed by atoms with Crippen molar-refractivity contribution in [2.75, 3.05) is 36.9 Å². The standard InChI is InChI=1S/C21H22Cl2N3O7PS/c1-24-12-19(21(27)25-4-6-33-7-5-25)18-3-2-16(11-20(18)24)26(13-34(28,29)30)35(31,32)17-9-14(22)8-15(23)10-17/h2-3,8-12H,4-7,13H2,1H3,(H2,28,29,30). The number of carbonyl (C=O) groups is 1. The summed E-state index contributed by atoms with van der Waals surface area (Å²) < 4.78 is 46.4. The smallest absolute Gasteiger partial charge is 0.345 e. The number of anilines is 1. The zero-order valence-electron chi connectivity index (χ0n) is 18.5. The number of hydrogen-bond acceptors (Lipinski definition) is 5. The fourth-order valence-electron chi connectivity index (χ4n) is 3.90. The maximum Gasteiger partial charge on any atom is 0.345 e. The predicted molar refractivity (Wildman–Crippen MR) is 133 cm³/mol. The fourth-order valence-corrected chi connectivity index (χ4v) is 7.31. The summed E-state index contributed by atoms with van der Waals surface area (Å²) in [7, 11) is -7.60. The number of halogens is 2. The van der Waals surface area contributed by atoms with Gasteiger partial charge in [-0.05, 0) is 36.4 Å². The van der Waals surface area contributed by atoms with Crippen molar-refractivity contribution in [1.29, 1.82) is 0 Å². The molecule has 0 saturated carbocycles. The Morgan fingerprint density at radius 1 is 1.11 bits per heavy atom. The van der Waals surface area contributed by atoms with Gasteiger partial charge in [0.25, 0.3) is 15.9 Å². The van der Waals surface area contributed by atoms with Crippen LogP contribution in [0, 0.1) is 0 Å². The first-order chi connectivity index (χ1) is 16.4. The zero-order valence-corrected chi connectivity index (χ0v) is 21.7. The van der Waals surface area contributed by atoms with Crippen LogP contribution in [0.5, 0.6) is 0 Å². The summed E-state index contributed by atoms with van der Waals surface area (Å²) in [6, 6.07) is 8.07. The molecule has 10 nitrogen and oxygen atoms in total. The highest BCUT2D eigenvalue weighted by Gasteiger charge is 2.32. The van der Waals surface area contributed by atoms with Crippen LogP contribution in [-0.4, -0.2) is 66.2 Å². The first kappa shape index (κ1) is 26.0. The van der Waals surface area contributed by atoms with Crippen molar-refractivity contribution in [2.24, 2.45) is 7.05 Å². The molecule has 0 atom stereocenters. The van der Waals surface area contributed by atoms with E-state index in [4.69, 9.17) is 27.9 Å². The molecule has 0 bridgehead atoms. The van der Waals surface area contributed by atoms with Crippen molar-refractivity contribution in [2.45, 2.75) is 4.90 Å². The molecular weight excluding hydrogens is 540 g/mol. The van der Waals surface area contributed by atoms with Crippen LogP contribution >= 0.6 is 30.8 Å². The molecule has 4 rings (SSSR count). The summed E-state index contributed by atoms with van der Waals surface area (Å²) in [5.74, 6) is -0.181. The number of rotatable bonds is 6. The molecule has 14 heteroatoms. The van der Waals surface area contributed by atoms with Crippen LogP contribution < -0.4 is 4.31 Å². The molecule has 1 fully saturated rings. The van der Waals surface area contributed by atoms with Crippen molar-refractivity contribution in [3.8, 4) is 0 Å². The Bertz CT molecular complexity index is 1430. The Kier molecular flexibility index (Phi) is 7.23. The average Bonchev–Trinajstić information content (AvgIpc) is 3.12. The van der Waals surface area contributed by atoms with Gasteiger partial charge in [-0.2, -0.15) is 0 Å². The summed E-state index contributed by atoms with van der Waals surface area (Å²) >= 11 is 11.9. The van der Waals surface area contributed by atoms with E-state index in [0.29, 0.717) is 47.1 Å². The Morgan fingerprint density at radius 3 is 2.34 bits per heavy atom. The number of aryl methyl sites for hydroxylation is 1. The topological polar surface area (TPSA) is 129 Å². The molecule has 3 aromatic rings. The van der Waals surface area contributed by atoms with E-state index in [9.17, 15) is 27.6 Å². The van der Waals surface area contributed by atoms with Gasteiger partial charge < -0.3 is 24.0 Å². The second-order valence-corrected chi connectivity index (χ2v) is 12.4. The Hall–Kier alpha value is -2.11. The first-order valence-electron chi connectivity index (χ1n) is 10.4. The molecule has 1 aliphatic rings. The van der Waals surface area contributed by atoms with E-state index in [2.05, 4.69) is 0 Å². The van der Waals surface area contributed by atoms with Crippen LogP contribution in [0.3, 0.4) is 0 Å². The SMILES string of the molecule is Cn1cc(C(=O)N2CCOCC2)c2ccc(N(CP(=O)(O)O)S(=O)(=O)c3cc(Cl)cc(Cl)c3)cc21. The molecule has 2 N–H and O–H groups in total. The molecule has 0 aliphatic carbocycles. The largest absolute Gasteiger partial charge is 0.378 e. The van der Waals surface area contributed by atoms with Crippen molar-refractivity contribution >= 4 is 63.3 Å². The number of morpholine rings is 1. The second-order valence-electron chi connectivity index (χ2n) is 8.02. The monoisotopic (exact) mass is 561 g/mol. The van der Waals surface area contributed by atoms with Gasteiger partial charge in [-0.15, -0.1) is 0 Å². The quantitative estimate of drug-likeness (QED) is 0.441. The van der Waals surface area contributed by atoms with Gasteiger partial charge in [0, 0.05) is 41.8 Å². The van der Waals surface area contributed by atoms with E-state index in [0.717, 1.165) is 12.1 Å². The maximum atomic E-state index is 13.4. The lowest BCUT2D eigenvalue weighted by molar-refractivity contribution is 0.0304. The van der Waals surface area contributed by atoms with Gasteiger partial charge in [-0.1, -0.05) is 23.2 Å². The third kappa shape index (κ3) is 5.51. The van der Waals surface area contributed by atoms with Crippen molar-refractivity contribution in [3.05, 3.63) is 58.2 Å². The predicted octanol–water partition coefficient (Wildman–Crippen LogP) is 3.29. The summed E-state index contributed by atoms with van der Waals surface area (Å²) in [5, 5.41) is 0.680. The van der Waals surface area contributed by atoms with Crippen molar-refractivity contribution < 1.29 is 32.3 Å². The molecule has 0 spiro atoms. The number of benzene rings is 2. The lowest BCUT2D eigenvalue weighted by atomic mass is 10.1. The van der Waals surface area contributed by atoms with Crippen LogP contribution in [0.4, 0.5) is 5.69 Å². The molecule has 1 saturated heterocycles. The number of amides is 1.